The third-order valence-electron chi connectivity index (χ3n) is 6.92. The maximum atomic E-state index is 10.1. The Morgan fingerprint density at radius 1 is 1.16 bits per heavy atom. The molecule has 0 aliphatic carbocycles. The zero-order chi connectivity index (χ0) is 27.1. The first-order valence-electron chi connectivity index (χ1n) is 12.5. The molecule has 3 aromatic heterocycles. The monoisotopic (exact) mass is 537 g/mol. The molecule has 1 unspecified atom stereocenters. The minimum absolute atomic E-state index is 0.145. The van der Waals surface area contributed by atoms with Crippen LogP contribution in [0.15, 0.2) is 22.7 Å². The van der Waals surface area contributed by atoms with Crippen LogP contribution in [0, 0.1) is 27.7 Å². The minimum Gasteiger partial charge on any atom is -0.491 e. The molecular weight excluding hydrogens is 506 g/mol. The van der Waals surface area contributed by atoms with Gasteiger partial charge < -0.3 is 24.6 Å². The molecule has 0 amide bonds. The number of aromatic nitrogens is 5. The zero-order valence-electron chi connectivity index (χ0n) is 22.5. The van der Waals surface area contributed by atoms with Gasteiger partial charge in [-0.05, 0) is 52.9 Å². The van der Waals surface area contributed by atoms with E-state index in [1.807, 2.05) is 45.5 Å². The van der Waals surface area contributed by atoms with Gasteiger partial charge in [0.1, 0.15) is 30.0 Å². The fourth-order valence-electron chi connectivity index (χ4n) is 4.98. The third-order valence-corrected chi connectivity index (χ3v) is 7.25. The average molecular weight is 538 g/mol. The third kappa shape index (κ3) is 4.75. The molecule has 1 aliphatic heterocycles. The van der Waals surface area contributed by atoms with Crippen molar-refractivity contribution in [2.75, 3.05) is 25.1 Å². The summed E-state index contributed by atoms with van der Waals surface area (Å²) in [6.07, 6.45) is -0.637. The van der Waals surface area contributed by atoms with Gasteiger partial charge in [-0.15, -0.1) is 0 Å². The molecule has 11 heteroatoms. The van der Waals surface area contributed by atoms with Gasteiger partial charge in [0, 0.05) is 36.8 Å². The number of hydrogen-bond donors (Lipinski definition) is 2. The highest BCUT2D eigenvalue weighted by Crippen LogP contribution is 2.39. The Morgan fingerprint density at radius 2 is 1.95 bits per heavy atom. The molecule has 1 aliphatic rings. The number of likely N-dealkylation sites (N-methyl/N-ethyl adjacent to an activating group) is 1. The summed E-state index contributed by atoms with van der Waals surface area (Å²) in [5, 5.41) is 22.2. The molecule has 0 spiro atoms. The summed E-state index contributed by atoms with van der Waals surface area (Å²) < 4.78 is 13.3. The number of aryl methyl sites for hydroxylation is 4. The lowest BCUT2D eigenvalue weighted by molar-refractivity contribution is 0.108. The Balaban J connectivity index is 1.61. The normalized spacial score (nSPS) is 13.7. The molecule has 0 saturated heterocycles. The van der Waals surface area contributed by atoms with Crippen molar-refractivity contribution in [3.8, 4) is 28.4 Å². The fraction of sp³-hybridized carbons (Fsp3) is 0.407. The lowest BCUT2D eigenvalue weighted by Gasteiger charge is -2.22. The van der Waals surface area contributed by atoms with Crippen molar-refractivity contribution >= 4 is 17.4 Å². The number of benzene rings is 1. The van der Waals surface area contributed by atoms with Crippen LogP contribution in [0.5, 0.6) is 5.75 Å². The SMILES string of the molecule is CNCC(O)COc1ccc(Cl)c(-c2nc(-c3c(C)noc3C)c(C)c(N3Cc4c(C)nn(C)c4C3)n2)c1. The van der Waals surface area contributed by atoms with Gasteiger partial charge in [-0.1, -0.05) is 16.8 Å². The molecule has 0 fully saturated rings. The largest absolute Gasteiger partial charge is 0.491 e. The van der Waals surface area contributed by atoms with Crippen LogP contribution in [0.3, 0.4) is 0 Å². The van der Waals surface area contributed by atoms with E-state index in [1.165, 1.54) is 11.3 Å². The number of aliphatic hydroxyl groups is 1. The predicted molar refractivity (Wildman–Crippen MR) is 145 cm³/mol. The van der Waals surface area contributed by atoms with Gasteiger partial charge in [-0.3, -0.25) is 4.68 Å². The standard InChI is InChI=1S/C27H32ClN7O3/c1-14-25(24-16(3)33-38-17(24)4)30-26(20-9-19(7-8-22(20)28)37-13-18(36)10-29-5)31-27(14)35-11-21-15(2)32-34(6)23(21)12-35/h7-9,18,29,36H,10-13H2,1-6H3. The summed E-state index contributed by atoms with van der Waals surface area (Å²) in [4.78, 5) is 12.3. The maximum Gasteiger partial charge on any atom is 0.163 e. The van der Waals surface area contributed by atoms with Crippen molar-refractivity contribution < 1.29 is 14.4 Å². The van der Waals surface area contributed by atoms with E-state index in [4.69, 9.17) is 30.8 Å². The van der Waals surface area contributed by atoms with Crippen LogP contribution >= 0.6 is 11.6 Å². The molecule has 1 aromatic carbocycles. The van der Waals surface area contributed by atoms with E-state index in [2.05, 4.69) is 20.5 Å². The van der Waals surface area contributed by atoms with Gasteiger partial charge in [0.2, 0.25) is 0 Å². The van der Waals surface area contributed by atoms with Crippen molar-refractivity contribution in [2.45, 2.75) is 46.9 Å². The molecule has 4 heterocycles. The van der Waals surface area contributed by atoms with Gasteiger partial charge in [0.15, 0.2) is 5.82 Å². The maximum absolute atomic E-state index is 10.1. The highest BCUT2D eigenvalue weighted by atomic mass is 35.5. The smallest absolute Gasteiger partial charge is 0.163 e. The lowest BCUT2D eigenvalue weighted by Crippen LogP contribution is -2.29. The van der Waals surface area contributed by atoms with Crippen LogP contribution in [0.1, 0.15) is 34.0 Å². The van der Waals surface area contributed by atoms with Crippen LogP contribution in [-0.4, -0.2) is 56.3 Å². The Kier molecular flexibility index (Phi) is 7.13. The highest BCUT2D eigenvalue weighted by molar-refractivity contribution is 6.33. The van der Waals surface area contributed by atoms with E-state index in [9.17, 15) is 5.11 Å². The minimum atomic E-state index is -0.637. The van der Waals surface area contributed by atoms with Crippen molar-refractivity contribution in [2.24, 2.45) is 7.05 Å². The number of hydrogen-bond acceptors (Lipinski definition) is 9. The molecule has 0 radical (unpaired) electrons. The molecular formula is C27H32ClN7O3. The van der Waals surface area contributed by atoms with E-state index in [-0.39, 0.29) is 6.61 Å². The Morgan fingerprint density at radius 3 is 2.63 bits per heavy atom. The Bertz CT molecular complexity index is 1450. The second-order valence-electron chi connectivity index (χ2n) is 9.70. The topological polar surface area (TPSA) is 114 Å². The molecule has 10 nitrogen and oxygen atoms in total. The van der Waals surface area contributed by atoms with E-state index < -0.39 is 6.10 Å². The second kappa shape index (κ2) is 10.4. The predicted octanol–water partition coefficient (Wildman–Crippen LogP) is 3.90. The Hall–Kier alpha value is -3.47. The second-order valence-corrected chi connectivity index (χ2v) is 10.1. The van der Waals surface area contributed by atoms with Crippen molar-refractivity contribution in [1.29, 1.82) is 0 Å². The van der Waals surface area contributed by atoms with Gasteiger partial charge in [-0.25, -0.2) is 9.97 Å². The van der Waals surface area contributed by atoms with E-state index in [0.29, 0.717) is 47.6 Å². The first-order chi connectivity index (χ1) is 18.2. The summed E-state index contributed by atoms with van der Waals surface area (Å²) in [5.74, 6) is 2.54. The number of aliphatic hydroxyl groups excluding tert-OH is 1. The van der Waals surface area contributed by atoms with Gasteiger partial charge >= 0.3 is 0 Å². The summed E-state index contributed by atoms with van der Waals surface area (Å²) in [5.41, 5.74) is 7.34. The number of nitrogens with one attached hydrogen (secondary N) is 1. The van der Waals surface area contributed by atoms with Gasteiger partial charge in [-0.2, -0.15) is 5.10 Å². The number of halogens is 1. The molecule has 1 atom stereocenters. The summed E-state index contributed by atoms with van der Waals surface area (Å²) in [7, 11) is 3.75. The van der Waals surface area contributed by atoms with Crippen molar-refractivity contribution in [1.82, 2.24) is 30.2 Å². The molecule has 0 bridgehead atoms. The van der Waals surface area contributed by atoms with Gasteiger partial charge in [0.05, 0.1) is 39.9 Å². The van der Waals surface area contributed by atoms with Crippen molar-refractivity contribution in [3.05, 3.63) is 57.2 Å². The Labute approximate surface area is 226 Å². The summed E-state index contributed by atoms with van der Waals surface area (Å²) in [6, 6.07) is 5.35. The van der Waals surface area contributed by atoms with Crippen LogP contribution < -0.4 is 15.0 Å². The van der Waals surface area contributed by atoms with E-state index in [0.717, 1.165) is 34.0 Å². The van der Waals surface area contributed by atoms with E-state index in [1.54, 1.807) is 19.2 Å². The van der Waals surface area contributed by atoms with Crippen LogP contribution in [-0.2, 0) is 20.1 Å². The highest BCUT2D eigenvalue weighted by Gasteiger charge is 2.30. The molecule has 4 aromatic rings. The zero-order valence-corrected chi connectivity index (χ0v) is 23.2. The van der Waals surface area contributed by atoms with Crippen LogP contribution in [0.2, 0.25) is 5.02 Å². The molecule has 200 valence electrons. The average Bonchev–Trinajstić information content (AvgIpc) is 3.54. The number of rotatable bonds is 8. The molecule has 0 saturated carbocycles. The number of fused-ring (bicyclic) bond motifs is 1. The quantitative estimate of drug-likeness (QED) is 0.345. The number of ether oxygens (including phenoxy) is 1. The van der Waals surface area contributed by atoms with Gasteiger partial charge in [0.25, 0.3) is 0 Å². The summed E-state index contributed by atoms with van der Waals surface area (Å²) >= 11 is 6.68. The molecule has 38 heavy (non-hydrogen) atoms. The molecule has 2 N–H and O–H groups in total. The van der Waals surface area contributed by atoms with Crippen LogP contribution in [0.25, 0.3) is 22.6 Å². The summed E-state index contributed by atoms with van der Waals surface area (Å²) in [6.45, 7) is 9.82. The number of nitrogens with zero attached hydrogens (tertiary/aromatic N) is 6. The van der Waals surface area contributed by atoms with Crippen LogP contribution in [0.4, 0.5) is 5.82 Å². The first kappa shape index (κ1) is 26.1. The first-order valence-corrected chi connectivity index (χ1v) is 12.9. The lowest BCUT2D eigenvalue weighted by atomic mass is 10.0. The number of anilines is 1. The van der Waals surface area contributed by atoms with Crippen molar-refractivity contribution in [3.63, 3.8) is 0 Å². The fourth-order valence-corrected chi connectivity index (χ4v) is 5.18. The van der Waals surface area contributed by atoms with E-state index >= 15 is 0 Å². The molecule has 5 rings (SSSR count).